The number of phenols is 1. The van der Waals surface area contributed by atoms with Gasteiger partial charge in [0.25, 0.3) is 5.91 Å². The summed E-state index contributed by atoms with van der Waals surface area (Å²) in [6, 6.07) is 12.2. The van der Waals surface area contributed by atoms with Crippen LogP contribution < -0.4 is 10.6 Å². The lowest BCUT2D eigenvalue weighted by atomic mass is 9.95. The maximum absolute atomic E-state index is 12.4. The second kappa shape index (κ2) is 5.41. The fourth-order valence-corrected chi connectivity index (χ4v) is 4.40. The van der Waals surface area contributed by atoms with Gasteiger partial charge < -0.3 is 15.7 Å². The van der Waals surface area contributed by atoms with Gasteiger partial charge in [-0.05, 0) is 49.1 Å². The summed E-state index contributed by atoms with van der Waals surface area (Å²) in [5.74, 6) is 0.251. The number of fused-ring (bicyclic) bond motifs is 2. The van der Waals surface area contributed by atoms with Crippen LogP contribution in [0.15, 0.2) is 36.4 Å². The lowest BCUT2D eigenvalue weighted by Gasteiger charge is -2.20. The molecule has 3 unspecified atom stereocenters. The lowest BCUT2D eigenvalue weighted by Crippen LogP contribution is -2.42. The van der Waals surface area contributed by atoms with Gasteiger partial charge in [-0.2, -0.15) is 0 Å². The van der Waals surface area contributed by atoms with Crippen molar-refractivity contribution < 1.29 is 9.90 Å². The first-order valence-electron chi connectivity index (χ1n) is 7.65. The fraction of sp³-hybridized carbons (Fsp3) is 0.353. The van der Waals surface area contributed by atoms with Crippen molar-refractivity contribution in [3.05, 3.63) is 41.3 Å². The quantitative estimate of drug-likeness (QED) is 0.816. The molecule has 22 heavy (non-hydrogen) atoms. The highest BCUT2D eigenvalue weighted by molar-refractivity contribution is 7.17. The molecular formula is C17H18N2O2S. The molecule has 2 aliphatic heterocycles. The van der Waals surface area contributed by atoms with E-state index in [1.54, 1.807) is 12.1 Å². The lowest BCUT2D eigenvalue weighted by molar-refractivity contribution is 0.0935. The molecule has 1 aromatic heterocycles. The molecule has 2 fully saturated rings. The number of amides is 1. The third-order valence-corrected chi connectivity index (χ3v) is 5.71. The van der Waals surface area contributed by atoms with Gasteiger partial charge in [-0.3, -0.25) is 4.79 Å². The van der Waals surface area contributed by atoms with E-state index in [0.29, 0.717) is 12.1 Å². The minimum absolute atomic E-state index is 0.00996. The van der Waals surface area contributed by atoms with Crippen LogP contribution in [0.25, 0.3) is 10.4 Å². The molecule has 5 heteroatoms. The molecular weight excluding hydrogens is 296 g/mol. The molecule has 1 amide bonds. The van der Waals surface area contributed by atoms with Gasteiger partial charge in [0.1, 0.15) is 5.75 Å². The van der Waals surface area contributed by atoms with Gasteiger partial charge in [-0.25, -0.2) is 0 Å². The van der Waals surface area contributed by atoms with Crippen molar-refractivity contribution in [2.45, 2.75) is 37.4 Å². The van der Waals surface area contributed by atoms with Gasteiger partial charge in [0.05, 0.1) is 4.88 Å². The Labute approximate surface area is 133 Å². The Morgan fingerprint density at radius 2 is 2.18 bits per heavy atom. The van der Waals surface area contributed by atoms with Crippen LogP contribution in [-0.2, 0) is 0 Å². The predicted molar refractivity (Wildman–Crippen MR) is 87.2 cm³/mol. The summed E-state index contributed by atoms with van der Waals surface area (Å²) in [5, 5.41) is 16.3. The molecule has 0 radical (unpaired) electrons. The van der Waals surface area contributed by atoms with E-state index in [9.17, 15) is 9.90 Å². The first-order valence-corrected chi connectivity index (χ1v) is 8.47. The largest absolute Gasteiger partial charge is 0.508 e. The Balaban J connectivity index is 1.48. The van der Waals surface area contributed by atoms with Crippen molar-refractivity contribution in [1.82, 2.24) is 10.6 Å². The highest BCUT2D eigenvalue weighted by atomic mass is 32.1. The zero-order valence-electron chi connectivity index (χ0n) is 12.1. The topological polar surface area (TPSA) is 61.4 Å². The Bertz CT molecular complexity index is 712. The molecule has 114 valence electrons. The number of carbonyl (C=O) groups is 1. The van der Waals surface area contributed by atoms with E-state index in [1.165, 1.54) is 17.8 Å². The number of nitrogens with one attached hydrogen (secondary N) is 2. The molecule has 2 aromatic rings. The van der Waals surface area contributed by atoms with Crippen LogP contribution >= 0.6 is 11.3 Å². The zero-order valence-corrected chi connectivity index (χ0v) is 12.9. The van der Waals surface area contributed by atoms with E-state index in [1.807, 2.05) is 24.3 Å². The summed E-state index contributed by atoms with van der Waals surface area (Å²) in [7, 11) is 0. The smallest absolute Gasteiger partial charge is 0.261 e. The van der Waals surface area contributed by atoms with Gasteiger partial charge in [-0.1, -0.05) is 12.1 Å². The van der Waals surface area contributed by atoms with Crippen LogP contribution in [0, 0.1) is 0 Å². The molecule has 2 saturated heterocycles. The van der Waals surface area contributed by atoms with Crippen LogP contribution in [0.3, 0.4) is 0 Å². The molecule has 3 heterocycles. The number of rotatable bonds is 3. The maximum Gasteiger partial charge on any atom is 0.261 e. The van der Waals surface area contributed by atoms with Crippen molar-refractivity contribution >= 4 is 17.2 Å². The van der Waals surface area contributed by atoms with E-state index < -0.39 is 0 Å². The molecule has 3 N–H and O–H groups in total. The fourth-order valence-electron chi connectivity index (χ4n) is 3.50. The molecule has 0 aliphatic carbocycles. The average Bonchev–Trinajstić information content (AvgIpc) is 3.23. The molecule has 0 saturated carbocycles. The Morgan fingerprint density at radius 3 is 2.91 bits per heavy atom. The first-order chi connectivity index (χ1) is 10.7. The molecule has 4 rings (SSSR count). The van der Waals surface area contributed by atoms with Crippen LogP contribution in [-0.4, -0.2) is 29.1 Å². The zero-order chi connectivity index (χ0) is 15.1. The van der Waals surface area contributed by atoms with Crippen molar-refractivity contribution in [3.8, 4) is 16.2 Å². The second-order valence-corrected chi connectivity index (χ2v) is 7.16. The van der Waals surface area contributed by atoms with Crippen LogP contribution in [0.2, 0.25) is 0 Å². The number of thiophene rings is 1. The van der Waals surface area contributed by atoms with Gasteiger partial charge in [-0.15, -0.1) is 11.3 Å². The number of benzene rings is 1. The number of carbonyl (C=O) groups excluding carboxylic acids is 1. The summed E-state index contributed by atoms with van der Waals surface area (Å²) < 4.78 is 0. The monoisotopic (exact) mass is 314 g/mol. The minimum atomic E-state index is 0.00996. The summed E-state index contributed by atoms with van der Waals surface area (Å²) in [4.78, 5) is 14.1. The molecule has 2 bridgehead atoms. The molecule has 2 aliphatic rings. The molecule has 0 spiro atoms. The third kappa shape index (κ3) is 2.51. The number of aromatic hydroxyl groups is 1. The van der Waals surface area contributed by atoms with Crippen molar-refractivity contribution in [3.63, 3.8) is 0 Å². The Hall–Kier alpha value is -1.85. The van der Waals surface area contributed by atoms with E-state index in [2.05, 4.69) is 10.6 Å². The van der Waals surface area contributed by atoms with E-state index in [-0.39, 0.29) is 17.7 Å². The van der Waals surface area contributed by atoms with Crippen LogP contribution in [0.5, 0.6) is 5.75 Å². The predicted octanol–water partition coefficient (Wildman–Crippen LogP) is 2.74. The molecule has 3 atom stereocenters. The Kier molecular flexibility index (Phi) is 3.39. The summed E-state index contributed by atoms with van der Waals surface area (Å²) >= 11 is 1.46. The van der Waals surface area contributed by atoms with Crippen LogP contribution in [0.1, 0.15) is 28.9 Å². The summed E-state index contributed by atoms with van der Waals surface area (Å²) in [6.07, 6.45) is 3.44. The maximum atomic E-state index is 12.4. The van der Waals surface area contributed by atoms with Crippen molar-refractivity contribution in [1.29, 1.82) is 0 Å². The molecule has 1 aromatic carbocycles. The van der Waals surface area contributed by atoms with E-state index >= 15 is 0 Å². The average molecular weight is 314 g/mol. The van der Waals surface area contributed by atoms with Gasteiger partial charge in [0, 0.05) is 23.0 Å². The third-order valence-electron chi connectivity index (χ3n) is 4.58. The number of phenolic OH excluding ortho intramolecular Hbond substituents is 1. The highest BCUT2D eigenvalue weighted by Crippen LogP contribution is 2.31. The summed E-state index contributed by atoms with van der Waals surface area (Å²) in [6.45, 7) is 0. The van der Waals surface area contributed by atoms with Gasteiger partial charge in [0.15, 0.2) is 0 Å². The van der Waals surface area contributed by atoms with Gasteiger partial charge in [0.2, 0.25) is 0 Å². The first kappa shape index (κ1) is 13.8. The normalized spacial score (nSPS) is 26.3. The number of hydrogen-bond acceptors (Lipinski definition) is 4. The van der Waals surface area contributed by atoms with Gasteiger partial charge >= 0.3 is 0 Å². The Morgan fingerprint density at radius 1 is 1.27 bits per heavy atom. The van der Waals surface area contributed by atoms with E-state index in [4.69, 9.17) is 0 Å². The standard InChI is InChI=1S/C17H18N2O2S/c20-12-3-1-2-10(8-12)15-6-7-16(22-15)17(21)19-14-9-11-4-5-13(14)18-11/h1-3,6-8,11,13-14,18,20H,4-5,9H2,(H,19,21). The highest BCUT2D eigenvalue weighted by Gasteiger charge is 2.39. The second-order valence-electron chi connectivity index (χ2n) is 6.08. The summed E-state index contributed by atoms with van der Waals surface area (Å²) in [5.41, 5.74) is 0.936. The van der Waals surface area contributed by atoms with E-state index in [0.717, 1.165) is 28.2 Å². The number of hydrogen-bond donors (Lipinski definition) is 3. The van der Waals surface area contributed by atoms with Crippen LogP contribution in [0.4, 0.5) is 0 Å². The SMILES string of the molecule is O=C(NC1CC2CCC1N2)c1ccc(-c2cccc(O)c2)s1. The van der Waals surface area contributed by atoms with Crippen molar-refractivity contribution in [2.24, 2.45) is 0 Å². The molecule has 4 nitrogen and oxygen atoms in total. The van der Waals surface area contributed by atoms with Crippen molar-refractivity contribution in [2.75, 3.05) is 0 Å². The minimum Gasteiger partial charge on any atom is -0.508 e.